The van der Waals surface area contributed by atoms with E-state index in [1.165, 1.54) is 0 Å². The Morgan fingerprint density at radius 2 is 1.66 bits per heavy atom. The van der Waals surface area contributed by atoms with Crippen LogP contribution in [0, 0.1) is 13.8 Å². The summed E-state index contributed by atoms with van der Waals surface area (Å²) in [7, 11) is -1.18. The fourth-order valence-electron chi connectivity index (χ4n) is 6.93. The Hall–Kier alpha value is -4.48. The van der Waals surface area contributed by atoms with E-state index in [9.17, 15) is 14.4 Å². The summed E-state index contributed by atoms with van der Waals surface area (Å²) >= 11 is 0. The van der Waals surface area contributed by atoms with E-state index >= 15 is 0 Å². The molecule has 2 heterocycles. The average Bonchev–Trinajstić information content (AvgIpc) is 3.36. The van der Waals surface area contributed by atoms with Crippen LogP contribution in [0.1, 0.15) is 81.9 Å². The van der Waals surface area contributed by atoms with Crippen molar-refractivity contribution in [2.75, 3.05) is 11.9 Å². The predicted octanol–water partition coefficient (Wildman–Crippen LogP) is 8.84. The number of aryl methyl sites for hydroxylation is 2. The maximum absolute atomic E-state index is 14.2. The third kappa shape index (κ3) is 10.1. The number of aromatic nitrogens is 3. The van der Waals surface area contributed by atoms with E-state index in [4.69, 9.17) is 14.6 Å². The van der Waals surface area contributed by atoms with Gasteiger partial charge < -0.3 is 24.7 Å². The highest BCUT2D eigenvalue weighted by Crippen LogP contribution is 2.38. The molecule has 53 heavy (non-hydrogen) atoms. The summed E-state index contributed by atoms with van der Waals surface area (Å²) in [6.07, 6.45) is 3.70. The summed E-state index contributed by atoms with van der Waals surface area (Å²) in [5.74, 6) is -0.624. The number of hydrogen-bond donors (Lipinski definition) is 2. The molecule has 10 nitrogen and oxygen atoms in total. The Bertz CT molecular complexity index is 1980. The van der Waals surface area contributed by atoms with Crippen molar-refractivity contribution in [1.29, 1.82) is 0 Å². The van der Waals surface area contributed by atoms with Crippen LogP contribution >= 0.6 is 0 Å². The van der Waals surface area contributed by atoms with Crippen molar-refractivity contribution in [1.82, 2.24) is 19.7 Å². The zero-order chi connectivity index (χ0) is 38.7. The van der Waals surface area contributed by atoms with Crippen LogP contribution in [0.25, 0.3) is 22.3 Å². The van der Waals surface area contributed by atoms with Gasteiger partial charge in [0.25, 0.3) is 5.56 Å². The summed E-state index contributed by atoms with van der Waals surface area (Å²) in [6.45, 7) is 21.6. The van der Waals surface area contributed by atoms with Crippen molar-refractivity contribution in [2.45, 2.75) is 124 Å². The first-order valence-corrected chi connectivity index (χ1v) is 22.5. The van der Waals surface area contributed by atoms with Gasteiger partial charge in [-0.1, -0.05) is 50.0 Å². The van der Waals surface area contributed by atoms with Gasteiger partial charge in [-0.2, -0.15) is 5.10 Å². The van der Waals surface area contributed by atoms with E-state index < -0.39 is 25.8 Å². The summed E-state index contributed by atoms with van der Waals surface area (Å²) in [5, 5.41) is 10.8. The maximum Gasteiger partial charge on any atom is 0.408 e. The van der Waals surface area contributed by atoms with Gasteiger partial charge in [-0.3, -0.25) is 9.59 Å². The van der Waals surface area contributed by atoms with Crippen molar-refractivity contribution in [3.8, 4) is 22.3 Å². The normalized spacial score (nSPS) is 15.2. The molecule has 5 rings (SSSR count). The number of nitrogens with zero attached hydrogens (tertiary/aromatic N) is 3. The molecule has 1 aliphatic rings. The Labute approximate surface area is 315 Å². The summed E-state index contributed by atoms with van der Waals surface area (Å²) < 4.78 is 15.2. The van der Waals surface area contributed by atoms with Crippen molar-refractivity contribution in [2.24, 2.45) is 0 Å². The molecule has 2 N–H and O–H groups in total. The molecule has 4 aromatic rings. The SMILES string of the molecule is Cc1nn(COCC[Si](C)(C)C)c(C)c1-c1ccc(NC(=O)[C@@H](NC(=O)OC(C)(C)C)C2CCCc3ccc(-c4ccc(=O)n(C(C)C)c4)cc32)cc1. The van der Waals surface area contributed by atoms with Gasteiger partial charge in [-0.15, -0.1) is 0 Å². The van der Waals surface area contributed by atoms with E-state index in [0.717, 1.165) is 70.3 Å². The van der Waals surface area contributed by atoms with Crippen molar-refractivity contribution >= 4 is 25.8 Å². The van der Waals surface area contributed by atoms with Gasteiger partial charge >= 0.3 is 6.09 Å². The topological polar surface area (TPSA) is 116 Å². The number of nitrogens with one attached hydrogen (secondary N) is 2. The summed E-state index contributed by atoms with van der Waals surface area (Å²) in [4.78, 5) is 40.0. The van der Waals surface area contributed by atoms with Crippen LogP contribution in [0.2, 0.25) is 25.7 Å². The number of alkyl carbamates (subject to hydrolysis) is 1. The predicted molar refractivity (Wildman–Crippen MR) is 215 cm³/mol. The fraction of sp³-hybridized carbons (Fsp3) is 0.476. The molecule has 2 atom stereocenters. The monoisotopic (exact) mass is 739 g/mol. The quantitative estimate of drug-likeness (QED) is 0.111. The Kier molecular flexibility index (Phi) is 12.2. The van der Waals surface area contributed by atoms with Crippen LogP contribution in [0.3, 0.4) is 0 Å². The molecule has 2 amide bonds. The number of benzene rings is 2. The van der Waals surface area contributed by atoms with Crippen molar-refractivity contribution in [3.63, 3.8) is 0 Å². The fourth-order valence-corrected chi connectivity index (χ4v) is 7.69. The Morgan fingerprint density at radius 3 is 2.32 bits per heavy atom. The lowest BCUT2D eigenvalue weighted by Crippen LogP contribution is -2.49. The number of fused-ring (bicyclic) bond motifs is 1. The molecule has 1 aliphatic carbocycles. The van der Waals surface area contributed by atoms with Crippen molar-refractivity contribution in [3.05, 3.63) is 93.7 Å². The lowest BCUT2D eigenvalue weighted by atomic mass is 9.77. The molecule has 1 unspecified atom stereocenters. The highest BCUT2D eigenvalue weighted by atomic mass is 28.3. The minimum Gasteiger partial charge on any atom is -0.444 e. The lowest BCUT2D eigenvalue weighted by molar-refractivity contribution is -0.118. The van der Waals surface area contributed by atoms with Gasteiger partial charge in [0.2, 0.25) is 5.91 Å². The van der Waals surface area contributed by atoms with Crippen LogP contribution in [0.5, 0.6) is 0 Å². The van der Waals surface area contributed by atoms with Crippen LogP contribution in [0.15, 0.2) is 65.6 Å². The second-order valence-electron chi connectivity index (χ2n) is 16.8. The Morgan fingerprint density at radius 1 is 0.981 bits per heavy atom. The molecule has 284 valence electrons. The highest BCUT2D eigenvalue weighted by molar-refractivity contribution is 6.76. The first-order valence-electron chi connectivity index (χ1n) is 18.8. The number of hydrogen-bond acceptors (Lipinski definition) is 6. The number of anilines is 1. The molecule has 11 heteroatoms. The summed E-state index contributed by atoms with van der Waals surface area (Å²) in [6, 6.07) is 17.7. The number of rotatable bonds is 12. The van der Waals surface area contributed by atoms with E-state index in [1.54, 1.807) is 31.4 Å². The van der Waals surface area contributed by atoms with Gasteiger partial charge in [0, 0.05) is 55.8 Å². The number of pyridine rings is 1. The maximum atomic E-state index is 14.2. The van der Waals surface area contributed by atoms with Gasteiger partial charge in [-0.05, 0) is 120 Å². The van der Waals surface area contributed by atoms with Crippen LogP contribution in [-0.4, -0.2) is 52.7 Å². The zero-order valence-electron chi connectivity index (χ0n) is 33.1. The molecule has 0 saturated carbocycles. The third-order valence-corrected chi connectivity index (χ3v) is 11.4. The van der Waals surface area contributed by atoms with Gasteiger partial charge in [0.1, 0.15) is 18.4 Å². The number of carbonyl (C=O) groups is 2. The van der Waals surface area contributed by atoms with E-state index in [1.807, 2.05) is 68.9 Å². The first kappa shape index (κ1) is 39.7. The van der Waals surface area contributed by atoms with E-state index in [2.05, 4.69) is 48.5 Å². The van der Waals surface area contributed by atoms with E-state index in [-0.39, 0.29) is 23.4 Å². The smallest absolute Gasteiger partial charge is 0.408 e. The minimum atomic E-state index is -1.18. The molecule has 0 fully saturated rings. The lowest BCUT2D eigenvalue weighted by Gasteiger charge is -2.33. The van der Waals surface area contributed by atoms with Crippen LogP contribution in [0.4, 0.5) is 10.5 Å². The molecule has 0 spiro atoms. The molecule has 0 saturated heterocycles. The molecular weight excluding hydrogens is 683 g/mol. The standard InChI is InChI=1S/C42H57N5O5Si/c1-27(2)46-25-33(18-21-37(46)48)32-15-14-30-12-11-13-35(36(30)24-32)39(44-41(50)52-42(5,6)7)40(49)43-34-19-16-31(17-20-34)38-28(3)45-47(29(38)4)26-51-22-23-53(8,9)10/h14-21,24-25,27,35,39H,11-13,22-23,26H2,1-10H3,(H,43,49)(H,44,50)/t35?,39-/m0/s1. The molecule has 0 aliphatic heterocycles. The highest BCUT2D eigenvalue weighted by Gasteiger charge is 2.35. The first-order chi connectivity index (χ1) is 24.9. The second-order valence-corrected chi connectivity index (χ2v) is 22.4. The largest absolute Gasteiger partial charge is 0.444 e. The molecule has 2 aromatic carbocycles. The van der Waals surface area contributed by atoms with Crippen LogP contribution < -0.4 is 16.2 Å². The molecule has 0 bridgehead atoms. The van der Waals surface area contributed by atoms with Gasteiger partial charge in [0.15, 0.2) is 0 Å². The Balaban J connectivity index is 1.40. The minimum absolute atomic E-state index is 0.0165. The van der Waals surface area contributed by atoms with Crippen molar-refractivity contribution < 1.29 is 19.1 Å². The third-order valence-electron chi connectivity index (χ3n) is 9.72. The van der Waals surface area contributed by atoms with Crippen LogP contribution in [-0.2, 0) is 27.4 Å². The summed E-state index contributed by atoms with van der Waals surface area (Å²) in [5.41, 5.74) is 7.81. The number of amides is 2. The van der Waals surface area contributed by atoms with E-state index in [0.29, 0.717) is 18.8 Å². The zero-order valence-corrected chi connectivity index (χ0v) is 34.1. The number of carbonyl (C=O) groups excluding carboxylic acids is 2. The molecular formula is C42H57N5O5Si. The van der Waals surface area contributed by atoms with Gasteiger partial charge in [-0.25, -0.2) is 9.48 Å². The van der Waals surface area contributed by atoms with Gasteiger partial charge in [0.05, 0.1) is 5.69 Å². The second kappa shape index (κ2) is 16.3. The average molecular weight is 740 g/mol. The molecule has 0 radical (unpaired) electrons. The molecule has 2 aromatic heterocycles. The number of ether oxygens (including phenoxy) is 2.